The van der Waals surface area contributed by atoms with Gasteiger partial charge >= 0.3 is 12.1 Å². The van der Waals surface area contributed by atoms with Crippen LogP contribution in [-0.2, 0) is 16.1 Å². The normalized spacial score (nSPS) is 14.9. The van der Waals surface area contributed by atoms with Gasteiger partial charge in [0.2, 0.25) is 0 Å². The molecular formula is C14H18F3NO2. The van der Waals surface area contributed by atoms with Crippen molar-refractivity contribution in [1.82, 2.24) is 0 Å². The zero-order chi connectivity index (χ0) is 15.3. The first-order valence-electron chi connectivity index (χ1n) is 6.26. The van der Waals surface area contributed by atoms with Crippen LogP contribution < -0.4 is 5.73 Å². The fourth-order valence-corrected chi connectivity index (χ4v) is 1.86. The van der Waals surface area contributed by atoms with Crippen molar-refractivity contribution in [3.63, 3.8) is 0 Å². The summed E-state index contributed by atoms with van der Waals surface area (Å²) in [5, 5.41) is 0. The summed E-state index contributed by atoms with van der Waals surface area (Å²) in [7, 11) is 0. The minimum Gasteiger partial charge on any atom is -0.461 e. The van der Waals surface area contributed by atoms with Gasteiger partial charge in [0.05, 0.1) is 5.92 Å². The predicted octanol–water partition coefficient (Wildman–Crippen LogP) is 2.89. The van der Waals surface area contributed by atoms with Crippen molar-refractivity contribution >= 4 is 5.97 Å². The molecule has 20 heavy (non-hydrogen) atoms. The van der Waals surface area contributed by atoms with Crippen molar-refractivity contribution < 1.29 is 22.7 Å². The Balaban J connectivity index is 2.71. The monoisotopic (exact) mass is 289 g/mol. The lowest BCUT2D eigenvalue weighted by molar-refractivity contribution is -0.180. The minimum atomic E-state index is -4.62. The number of esters is 1. The summed E-state index contributed by atoms with van der Waals surface area (Å²) >= 11 is 0. The van der Waals surface area contributed by atoms with Gasteiger partial charge in [-0.15, -0.1) is 0 Å². The summed E-state index contributed by atoms with van der Waals surface area (Å²) < 4.78 is 42.9. The molecule has 0 radical (unpaired) electrons. The summed E-state index contributed by atoms with van der Waals surface area (Å²) in [4.78, 5) is 11.8. The molecule has 1 aromatic carbocycles. The molecule has 0 spiro atoms. The van der Waals surface area contributed by atoms with Crippen LogP contribution in [0.25, 0.3) is 0 Å². The van der Waals surface area contributed by atoms with E-state index in [9.17, 15) is 18.0 Å². The highest BCUT2D eigenvalue weighted by Crippen LogP contribution is 2.29. The highest BCUT2D eigenvalue weighted by Gasteiger charge is 2.46. The van der Waals surface area contributed by atoms with Gasteiger partial charge in [0.1, 0.15) is 12.6 Å². The first kappa shape index (κ1) is 16.5. The van der Waals surface area contributed by atoms with Crippen molar-refractivity contribution in [3.8, 4) is 0 Å². The standard InChI is InChI=1S/C14H18F3NO2/c1-9(2)11(12(18)14(15,16)17)13(19)20-8-10-6-4-3-5-7-10/h3-7,9,11-12H,8,18H2,1-2H3/t11-,12-/m0/s1. The second kappa shape index (κ2) is 6.74. The zero-order valence-electron chi connectivity index (χ0n) is 11.4. The highest BCUT2D eigenvalue weighted by molar-refractivity contribution is 5.73. The Morgan fingerprint density at radius 3 is 2.25 bits per heavy atom. The number of benzene rings is 1. The number of hydrogen-bond donors (Lipinski definition) is 1. The average Bonchev–Trinajstić information content (AvgIpc) is 2.36. The molecule has 3 nitrogen and oxygen atoms in total. The lowest BCUT2D eigenvalue weighted by Crippen LogP contribution is -2.49. The molecule has 0 aromatic heterocycles. The first-order chi connectivity index (χ1) is 9.23. The van der Waals surface area contributed by atoms with Crippen molar-refractivity contribution in [2.75, 3.05) is 0 Å². The highest BCUT2D eigenvalue weighted by atomic mass is 19.4. The molecule has 0 fully saturated rings. The van der Waals surface area contributed by atoms with Crippen molar-refractivity contribution in [1.29, 1.82) is 0 Å². The van der Waals surface area contributed by atoms with E-state index in [0.717, 1.165) is 0 Å². The largest absolute Gasteiger partial charge is 0.461 e. The summed E-state index contributed by atoms with van der Waals surface area (Å²) in [5.74, 6) is -2.89. The van der Waals surface area contributed by atoms with Crippen LogP contribution in [0, 0.1) is 11.8 Å². The molecule has 0 amide bonds. The number of rotatable bonds is 5. The molecule has 2 atom stereocenters. The molecule has 0 aliphatic rings. The molecular weight excluding hydrogens is 271 g/mol. The molecule has 0 aliphatic heterocycles. The SMILES string of the molecule is CC(C)[C@H](C(=O)OCc1ccccc1)[C@H](N)C(F)(F)F. The van der Waals surface area contributed by atoms with E-state index in [4.69, 9.17) is 10.5 Å². The quantitative estimate of drug-likeness (QED) is 0.848. The van der Waals surface area contributed by atoms with Crippen molar-refractivity contribution in [3.05, 3.63) is 35.9 Å². The third-order valence-corrected chi connectivity index (χ3v) is 2.98. The molecule has 0 heterocycles. The van der Waals surface area contributed by atoms with Gasteiger partial charge in [-0.2, -0.15) is 13.2 Å². The van der Waals surface area contributed by atoms with Gasteiger partial charge < -0.3 is 10.5 Å². The van der Waals surface area contributed by atoms with Gasteiger partial charge in [0.15, 0.2) is 0 Å². The van der Waals surface area contributed by atoms with E-state index in [-0.39, 0.29) is 6.61 Å². The molecule has 0 bridgehead atoms. The van der Waals surface area contributed by atoms with Crippen LogP contribution in [-0.4, -0.2) is 18.2 Å². The van der Waals surface area contributed by atoms with E-state index in [1.807, 2.05) is 0 Å². The van der Waals surface area contributed by atoms with Gasteiger partial charge in [-0.25, -0.2) is 0 Å². The minimum absolute atomic E-state index is 0.0620. The molecule has 6 heteroatoms. The van der Waals surface area contributed by atoms with Crippen molar-refractivity contribution in [2.24, 2.45) is 17.6 Å². The molecule has 112 valence electrons. The Bertz CT molecular complexity index is 432. The summed E-state index contributed by atoms with van der Waals surface area (Å²) in [6, 6.07) is 6.53. The second-order valence-corrected chi connectivity index (χ2v) is 4.93. The van der Waals surface area contributed by atoms with Gasteiger partial charge in [-0.05, 0) is 11.5 Å². The van der Waals surface area contributed by atoms with Crippen LogP contribution in [0.2, 0.25) is 0 Å². The number of alkyl halides is 3. The van der Waals surface area contributed by atoms with Crippen LogP contribution in [0.3, 0.4) is 0 Å². The Labute approximate surface area is 115 Å². The summed E-state index contributed by atoms with van der Waals surface area (Å²) in [6.45, 7) is 2.97. The maximum atomic E-state index is 12.7. The lowest BCUT2D eigenvalue weighted by atomic mass is 9.88. The van der Waals surface area contributed by atoms with E-state index in [0.29, 0.717) is 5.56 Å². The average molecular weight is 289 g/mol. The van der Waals surface area contributed by atoms with E-state index in [1.54, 1.807) is 30.3 Å². The van der Waals surface area contributed by atoms with Crippen LogP contribution >= 0.6 is 0 Å². The molecule has 0 aliphatic carbocycles. The maximum absolute atomic E-state index is 12.7. The predicted molar refractivity (Wildman–Crippen MR) is 68.6 cm³/mol. The van der Waals surface area contributed by atoms with E-state index < -0.39 is 30.0 Å². The Kier molecular flexibility index (Phi) is 5.56. The number of nitrogens with two attached hydrogens (primary N) is 1. The van der Waals surface area contributed by atoms with Crippen LogP contribution in [0.15, 0.2) is 30.3 Å². The Morgan fingerprint density at radius 1 is 1.25 bits per heavy atom. The third-order valence-electron chi connectivity index (χ3n) is 2.98. The van der Waals surface area contributed by atoms with E-state index in [1.165, 1.54) is 13.8 Å². The molecule has 1 aromatic rings. The molecule has 1 rings (SSSR count). The van der Waals surface area contributed by atoms with E-state index >= 15 is 0 Å². The van der Waals surface area contributed by atoms with E-state index in [2.05, 4.69) is 0 Å². The van der Waals surface area contributed by atoms with Gasteiger partial charge in [0, 0.05) is 0 Å². The number of hydrogen-bond acceptors (Lipinski definition) is 3. The fourth-order valence-electron chi connectivity index (χ4n) is 1.86. The fraction of sp³-hybridized carbons (Fsp3) is 0.500. The second-order valence-electron chi connectivity index (χ2n) is 4.93. The van der Waals surface area contributed by atoms with Crippen molar-refractivity contribution in [2.45, 2.75) is 32.7 Å². The Morgan fingerprint density at radius 2 is 1.80 bits per heavy atom. The molecule has 2 N–H and O–H groups in total. The molecule has 0 unspecified atom stereocenters. The number of halogens is 3. The Hall–Kier alpha value is -1.56. The lowest BCUT2D eigenvalue weighted by Gasteiger charge is -2.27. The van der Waals surface area contributed by atoms with Crippen LogP contribution in [0.4, 0.5) is 13.2 Å². The van der Waals surface area contributed by atoms with Gasteiger partial charge in [0.25, 0.3) is 0 Å². The topological polar surface area (TPSA) is 52.3 Å². The maximum Gasteiger partial charge on any atom is 0.404 e. The third kappa shape index (κ3) is 4.52. The smallest absolute Gasteiger partial charge is 0.404 e. The summed E-state index contributed by atoms with van der Waals surface area (Å²) in [5.41, 5.74) is 5.85. The van der Waals surface area contributed by atoms with Crippen LogP contribution in [0.5, 0.6) is 0 Å². The summed E-state index contributed by atoms with van der Waals surface area (Å²) in [6.07, 6.45) is -4.62. The number of carbonyl (C=O) groups is 1. The number of carbonyl (C=O) groups excluding carboxylic acids is 1. The van der Waals surface area contributed by atoms with Gasteiger partial charge in [-0.1, -0.05) is 44.2 Å². The zero-order valence-corrected chi connectivity index (χ0v) is 11.4. The van der Waals surface area contributed by atoms with Gasteiger partial charge in [-0.3, -0.25) is 4.79 Å². The first-order valence-corrected chi connectivity index (χ1v) is 6.26. The van der Waals surface area contributed by atoms with Crippen LogP contribution in [0.1, 0.15) is 19.4 Å². The molecule has 0 saturated carbocycles. The molecule has 0 saturated heterocycles. The number of ether oxygens (including phenoxy) is 1.